The Kier molecular flexibility index (Phi) is 4.80. The van der Waals surface area contributed by atoms with Gasteiger partial charge in [0.1, 0.15) is 0 Å². The van der Waals surface area contributed by atoms with Crippen LogP contribution in [0, 0.1) is 0 Å². The highest BCUT2D eigenvalue weighted by Gasteiger charge is 2.05. The number of rotatable bonds is 3. The zero-order valence-electron chi connectivity index (χ0n) is 9.39. The molecule has 18 heavy (non-hydrogen) atoms. The lowest BCUT2D eigenvalue weighted by Crippen LogP contribution is -1.93. The van der Waals surface area contributed by atoms with Crippen LogP contribution in [-0.4, -0.2) is 0 Å². The molecule has 0 saturated carbocycles. The molecular formula is C14H10Cl4. The zero-order chi connectivity index (χ0) is 13.1. The van der Waals surface area contributed by atoms with Gasteiger partial charge in [-0.15, -0.1) is 0 Å². The van der Waals surface area contributed by atoms with E-state index in [4.69, 9.17) is 46.4 Å². The molecule has 0 nitrogen and oxygen atoms in total. The van der Waals surface area contributed by atoms with Crippen molar-refractivity contribution in [1.29, 1.82) is 0 Å². The monoisotopic (exact) mass is 318 g/mol. The van der Waals surface area contributed by atoms with Crippen molar-refractivity contribution in [2.45, 2.75) is 12.8 Å². The average Bonchev–Trinajstić information content (AvgIpc) is 2.30. The Morgan fingerprint density at radius 3 is 1.33 bits per heavy atom. The van der Waals surface area contributed by atoms with Crippen LogP contribution < -0.4 is 0 Å². The van der Waals surface area contributed by atoms with E-state index in [1.165, 1.54) is 0 Å². The van der Waals surface area contributed by atoms with Crippen LogP contribution in [0.5, 0.6) is 0 Å². The molecule has 0 fully saturated rings. The lowest BCUT2D eigenvalue weighted by molar-refractivity contribution is 0.961. The summed E-state index contributed by atoms with van der Waals surface area (Å²) in [6.45, 7) is 0. The van der Waals surface area contributed by atoms with Gasteiger partial charge in [0.2, 0.25) is 0 Å². The van der Waals surface area contributed by atoms with Crippen molar-refractivity contribution in [3.63, 3.8) is 0 Å². The van der Waals surface area contributed by atoms with Crippen LogP contribution in [0.1, 0.15) is 11.1 Å². The molecule has 0 spiro atoms. The van der Waals surface area contributed by atoms with Gasteiger partial charge >= 0.3 is 0 Å². The lowest BCUT2D eigenvalue weighted by Gasteiger charge is -2.07. The molecule has 0 radical (unpaired) electrons. The van der Waals surface area contributed by atoms with E-state index in [2.05, 4.69) is 0 Å². The zero-order valence-corrected chi connectivity index (χ0v) is 12.4. The minimum Gasteiger partial charge on any atom is -0.0843 e. The minimum atomic E-state index is 0.647. The number of hydrogen-bond donors (Lipinski definition) is 0. The molecule has 2 rings (SSSR count). The van der Waals surface area contributed by atoms with E-state index in [0.717, 1.165) is 24.0 Å². The van der Waals surface area contributed by atoms with Gasteiger partial charge in [-0.1, -0.05) is 58.5 Å². The van der Waals surface area contributed by atoms with Gasteiger partial charge in [-0.05, 0) is 48.2 Å². The molecule has 0 aliphatic rings. The Morgan fingerprint density at radius 1 is 0.611 bits per heavy atom. The van der Waals surface area contributed by atoms with E-state index < -0.39 is 0 Å². The molecule has 0 aromatic heterocycles. The van der Waals surface area contributed by atoms with Crippen LogP contribution in [0.2, 0.25) is 20.1 Å². The third-order valence-corrected chi connectivity index (χ3v) is 3.87. The first kappa shape index (κ1) is 14.0. The van der Waals surface area contributed by atoms with E-state index >= 15 is 0 Å². The smallest absolute Gasteiger partial charge is 0.0452 e. The fourth-order valence-corrected chi connectivity index (χ4v) is 2.72. The van der Waals surface area contributed by atoms with E-state index in [0.29, 0.717) is 20.1 Å². The van der Waals surface area contributed by atoms with Gasteiger partial charge in [0, 0.05) is 20.1 Å². The number of benzene rings is 2. The van der Waals surface area contributed by atoms with Crippen molar-refractivity contribution >= 4 is 46.4 Å². The van der Waals surface area contributed by atoms with Gasteiger partial charge in [-0.25, -0.2) is 0 Å². The second-order valence-electron chi connectivity index (χ2n) is 3.97. The fourth-order valence-electron chi connectivity index (χ4n) is 1.72. The summed E-state index contributed by atoms with van der Waals surface area (Å²) in [5.41, 5.74) is 2.12. The quantitative estimate of drug-likeness (QED) is 0.642. The molecular weight excluding hydrogens is 310 g/mol. The molecule has 0 unspecified atom stereocenters. The third-order valence-electron chi connectivity index (χ3n) is 2.69. The summed E-state index contributed by atoms with van der Waals surface area (Å²) in [5, 5.41) is 2.67. The third kappa shape index (κ3) is 3.55. The van der Waals surface area contributed by atoms with E-state index in [1.54, 1.807) is 12.1 Å². The summed E-state index contributed by atoms with van der Waals surface area (Å²) >= 11 is 24.0. The van der Waals surface area contributed by atoms with Gasteiger partial charge in [-0.3, -0.25) is 0 Å². The topological polar surface area (TPSA) is 0 Å². The maximum Gasteiger partial charge on any atom is 0.0452 e. The largest absolute Gasteiger partial charge is 0.0843 e. The summed E-state index contributed by atoms with van der Waals surface area (Å²) < 4.78 is 0. The Bertz CT molecular complexity index is 512. The molecule has 0 atom stereocenters. The highest BCUT2D eigenvalue weighted by Crippen LogP contribution is 2.25. The maximum absolute atomic E-state index is 6.12. The Balaban J connectivity index is 2.11. The van der Waals surface area contributed by atoms with E-state index in [1.807, 2.05) is 24.3 Å². The highest BCUT2D eigenvalue weighted by molar-refractivity contribution is 6.35. The van der Waals surface area contributed by atoms with Crippen LogP contribution >= 0.6 is 46.4 Å². The van der Waals surface area contributed by atoms with Crippen LogP contribution in [0.4, 0.5) is 0 Å². The fraction of sp³-hybridized carbons (Fsp3) is 0.143. The first-order valence-corrected chi connectivity index (χ1v) is 6.95. The summed E-state index contributed by atoms with van der Waals surface area (Å²) in [4.78, 5) is 0. The Morgan fingerprint density at radius 2 is 1.00 bits per heavy atom. The summed E-state index contributed by atoms with van der Waals surface area (Å²) in [5.74, 6) is 0. The van der Waals surface area contributed by atoms with Gasteiger partial charge in [0.15, 0.2) is 0 Å². The van der Waals surface area contributed by atoms with Gasteiger partial charge < -0.3 is 0 Å². The van der Waals surface area contributed by atoms with Crippen molar-refractivity contribution < 1.29 is 0 Å². The maximum atomic E-state index is 6.12. The molecule has 0 bridgehead atoms. The first-order valence-electron chi connectivity index (χ1n) is 5.44. The van der Waals surface area contributed by atoms with Crippen molar-refractivity contribution in [2.24, 2.45) is 0 Å². The predicted molar refractivity (Wildman–Crippen MR) is 80.3 cm³/mol. The molecule has 2 aromatic carbocycles. The molecule has 4 heteroatoms. The van der Waals surface area contributed by atoms with Crippen molar-refractivity contribution in [1.82, 2.24) is 0 Å². The molecule has 0 aliphatic heterocycles. The molecule has 0 amide bonds. The standard InChI is InChI=1S/C14H10Cl4/c15-11-5-3-9(13(17)7-11)1-2-10-4-6-12(16)8-14(10)18/h3-8H,1-2H2. The summed E-state index contributed by atoms with van der Waals surface area (Å²) in [6.07, 6.45) is 1.63. The van der Waals surface area contributed by atoms with Crippen LogP contribution in [0.15, 0.2) is 36.4 Å². The normalized spacial score (nSPS) is 10.7. The summed E-state index contributed by atoms with van der Waals surface area (Å²) in [7, 11) is 0. The number of hydrogen-bond acceptors (Lipinski definition) is 0. The highest BCUT2D eigenvalue weighted by atomic mass is 35.5. The van der Waals surface area contributed by atoms with Crippen LogP contribution in [-0.2, 0) is 12.8 Å². The Hall–Kier alpha value is -0.400. The van der Waals surface area contributed by atoms with Crippen LogP contribution in [0.25, 0.3) is 0 Å². The van der Waals surface area contributed by atoms with Crippen molar-refractivity contribution in [3.05, 3.63) is 67.6 Å². The second-order valence-corrected chi connectivity index (χ2v) is 5.66. The molecule has 0 saturated heterocycles. The first-order chi connectivity index (χ1) is 8.56. The minimum absolute atomic E-state index is 0.647. The van der Waals surface area contributed by atoms with Crippen molar-refractivity contribution in [3.8, 4) is 0 Å². The molecule has 2 aromatic rings. The average molecular weight is 320 g/mol. The molecule has 0 heterocycles. The van der Waals surface area contributed by atoms with Crippen LogP contribution in [0.3, 0.4) is 0 Å². The number of aryl methyl sites for hydroxylation is 2. The molecule has 94 valence electrons. The van der Waals surface area contributed by atoms with E-state index in [9.17, 15) is 0 Å². The SMILES string of the molecule is Clc1ccc(CCc2ccc(Cl)cc2Cl)c(Cl)c1. The van der Waals surface area contributed by atoms with Gasteiger partial charge in [-0.2, -0.15) is 0 Å². The predicted octanol–water partition coefficient (Wildman–Crippen LogP) is 6.09. The summed E-state index contributed by atoms with van der Waals surface area (Å²) in [6, 6.07) is 11.1. The lowest BCUT2D eigenvalue weighted by atomic mass is 10.0. The molecule has 0 N–H and O–H groups in total. The Labute approximate surface area is 126 Å². The van der Waals surface area contributed by atoms with Crippen molar-refractivity contribution in [2.75, 3.05) is 0 Å². The molecule has 0 aliphatic carbocycles. The number of halogens is 4. The van der Waals surface area contributed by atoms with Gasteiger partial charge in [0.25, 0.3) is 0 Å². The van der Waals surface area contributed by atoms with E-state index in [-0.39, 0.29) is 0 Å². The van der Waals surface area contributed by atoms with Gasteiger partial charge in [0.05, 0.1) is 0 Å². The second kappa shape index (κ2) is 6.16.